The topological polar surface area (TPSA) is 47.3 Å². The third-order valence-electron chi connectivity index (χ3n) is 3.63. The molecule has 1 aromatic rings. The van der Waals surface area contributed by atoms with Crippen LogP contribution in [0.5, 0.6) is 5.75 Å². The zero-order chi connectivity index (χ0) is 11.4. The molecule has 0 spiro atoms. The second-order valence-corrected chi connectivity index (χ2v) is 4.47. The van der Waals surface area contributed by atoms with E-state index in [0.717, 1.165) is 31.7 Å². The average Bonchev–Trinajstić information content (AvgIpc) is 2.39. The fourth-order valence-electron chi connectivity index (χ4n) is 2.47. The molecule has 0 radical (unpaired) electrons. The van der Waals surface area contributed by atoms with E-state index in [1.165, 1.54) is 5.56 Å². The number of nitrogens with two attached hydrogens (primary N) is 1. The minimum absolute atomic E-state index is 0.139. The lowest BCUT2D eigenvalue weighted by Gasteiger charge is -2.37. The van der Waals surface area contributed by atoms with Crippen molar-refractivity contribution in [3.63, 3.8) is 0 Å². The minimum atomic E-state index is 0.139. The molecule has 1 heterocycles. The van der Waals surface area contributed by atoms with Gasteiger partial charge in [-0.05, 0) is 43.6 Å². The van der Waals surface area contributed by atoms with E-state index in [-0.39, 0.29) is 5.41 Å². The third kappa shape index (κ3) is 2.06. The molecule has 3 nitrogen and oxygen atoms in total. The van der Waals surface area contributed by atoms with Crippen LogP contribution in [-0.2, 0) is 5.41 Å². The Kier molecular flexibility index (Phi) is 3.46. The van der Waals surface area contributed by atoms with Crippen molar-refractivity contribution in [1.29, 1.82) is 0 Å². The summed E-state index contributed by atoms with van der Waals surface area (Å²) in [6.07, 6.45) is 2.22. The fourth-order valence-corrected chi connectivity index (χ4v) is 2.47. The Balaban J connectivity index is 2.31. The summed E-state index contributed by atoms with van der Waals surface area (Å²) in [5, 5.41) is 3.39. The molecule has 1 aliphatic rings. The molecule has 0 saturated carbocycles. The van der Waals surface area contributed by atoms with Crippen molar-refractivity contribution < 1.29 is 4.74 Å². The number of benzene rings is 1. The molecule has 0 aromatic heterocycles. The lowest BCUT2D eigenvalue weighted by molar-refractivity contribution is 0.314. The quantitative estimate of drug-likeness (QED) is 0.806. The van der Waals surface area contributed by atoms with Crippen LogP contribution in [0.1, 0.15) is 18.4 Å². The highest BCUT2D eigenvalue weighted by molar-refractivity contribution is 5.34. The molecular weight excluding hydrogens is 200 g/mol. The summed E-state index contributed by atoms with van der Waals surface area (Å²) >= 11 is 0. The van der Waals surface area contributed by atoms with Gasteiger partial charge in [0.05, 0.1) is 7.11 Å². The number of hydrogen-bond acceptors (Lipinski definition) is 3. The monoisotopic (exact) mass is 220 g/mol. The Bertz CT molecular complexity index is 346. The Morgan fingerprint density at radius 1 is 1.38 bits per heavy atom. The number of methoxy groups -OCH3 is 1. The van der Waals surface area contributed by atoms with E-state index in [4.69, 9.17) is 10.5 Å². The molecule has 0 unspecified atom stereocenters. The zero-order valence-electron chi connectivity index (χ0n) is 9.83. The van der Waals surface area contributed by atoms with Crippen LogP contribution in [0.2, 0.25) is 0 Å². The number of rotatable bonds is 3. The van der Waals surface area contributed by atoms with Crippen molar-refractivity contribution >= 4 is 0 Å². The smallest absolute Gasteiger partial charge is 0.119 e. The van der Waals surface area contributed by atoms with Crippen molar-refractivity contribution in [1.82, 2.24) is 5.32 Å². The summed E-state index contributed by atoms with van der Waals surface area (Å²) in [7, 11) is 1.71. The maximum Gasteiger partial charge on any atom is 0.119 e. The van der Waals surface area contributed by atoms with Crippen molar-refractivity contribution in [2.75, 3.05) is 26.7 Å². The fraction of sp³-hybridized carbons (Fsp3) is 0.538. The Morgan fingerprint density at radius 2 is 2.12 bits per heavy atom. The average molecular weight is 220 g/mol. The van der Waals surface area contributed by atoms with Crippen LogP contribution >= 0.6 is 0 Å². The van der Waals surface area contributed by atoms with E-state index in [1.54, 1.807) is 7.11 Å². The molecule has 16 heavy (non-hydrogen) atoms. The summed E-state index contributed by atoms with van der Waals surface area (Å²) in [4.78, 5) is 0. The summed E-state index contributed by atoms with van der Waals surface area (Å²) in [5.41, 5.74) is 7.45. The molecule has 0 amide bonds. The standard InChI is InChI=1S/C13H20N2O/c1-16-12-4-2-3-11(9-12)13(10-14)5-7-15-8-6-13/h2-4,9,15H,5-8,10,14H2,1H3. The Morgan fingerprint density at radius 3 is 2.75 bits per heavy atom. The first kappa shape index (κ1) is 11.4. The van der Waals surface area contributed by atoms with E-state index in [9.17, 15) is 0 Å². The molecule has 3 N–H and O–H groups in total. The van der Waals surface area contributed by atoms with E-state index >= 15 is 0 Å². The van der Waals surface area contributed by atoms with Gasteiger partial charge in [-0.1, -0.05) is 12.1 Å². The molecule has 0 bridgehead atoms. The van der Waals surface area contributed by atoms with Crippen LogP contribution < -0.4 is 15.8 Å². The number of ether oxygens (including phenoxy) is 1. The van der Waals surface area contributed by atoms with Gasteiger partial charge in [0.25, 0.3) is 0 Å². The molecule has 1 saturated heterocycles. The predicted octanol–water partition coefficient (Wildman–Crippen LogP) is 1.28. The van der Waals surface area contributed by atoms with E-state index in [1.807, 2.05) is 12.1 Å². The first-order valence-electron chi connectivity index (χ1n) is 5.86. The van der Waals surface area contributed by atoms with Gasteiger partial charge in [0, 0.05) is 12.0 Å². The molecule has 0 atom stereocenters. The normalized spacial score (nSPS) is 19.4. The van der Waals surface area contributed by atoms with Gasteiger partial charge in [-0.2, -0.15) is 0 Å². The van der Waals surface area contributed by atoms with E-state index < -0.39 is 0 Å². The van der Waals surface area contributed by atoms with Crippen LogP contribution in [0.3, 0.4) is 0 Å². The van der Waals surface area contributed by atoms with Crippen molar-refractivity contribution in [3.05, 3.63) is 29.8 Å². The highest BCUT2D eigenvalue weighted by Crippen LogP contribution is 2.33. The van der Waals surface area contributed by atoms with Gasteiger partial charge < -0.3 is 15.8 Å². The molecule has 88 valence electrons. The molecule has 2 rings (SSSR count). The number of piperidine rings is 1. The van der Waals surface area contributed by atoms with Gasteiger partial charge in [0.15, 0.2) is 0 Å². The van der Waals surface area contributed by atoms with Crippen molar-refractivity contribution in [2.45, 2.75) is 18.3 Å². The third-order valence-corrected chi connectivity index (χ3v) is 3.63. The Labute approximate surface area is 97.0 Å². The SMILES string of the molecule is COc1cccc(C2(CN)CCNCC2)c1. The predicted molar refractivity (Wildman–Crippen MR) is 65.8 cm³/mol. The van der Waals surface area contributed by atoms with Crippen molar-refractivity contribution in [2.24, 2.45) is 5.73 Å². The molecule has 0 aliphatic carbocycles. The van der Waals surface area contributed by atoms with Crippen molar-refractivity contribution in [3.8, 4) is 5.75 Å². The van der Waals surface area contributed by atoms with E-state index in [0.29, 0.717) is 6.54 Å². The lowest BCUT2D eigenvalue weighted by atomic mass is 9.73. The maximum atomic E-state index is 5.99. The number of hydrogen-bond donors (Lipinski definition) is 2. The molecule has 1 aliphatic heterocycles. The highest BCUT2D eigenvalue weighted by atomic mass is 16.5. The summed E-state index contributed by atoms with van der Waals surface area (Å²) in [6, 6.07) is 8.32. The molecule has 1 fully saturated rings. The van der Waals surface area contributed by atoms with Gasteiger partial charge in [-0.25, -0.2) is 0 Å². The molecule has 1 aromatic carbocycles. The van der Waals surface area contributed by atoms with Gasteiger partial charge in [0.1, 0.15) is 5.75 Å². The number of nitrogens with one attached hydrogen (secondary N) is 1. The van der Waals surface area contributed by atoms with Gasteiger partial charge in [-0.15, -0.1) is 0 Å². The maximum absolute atomic E-state index is 5.99. The molecule has 3 heteroatoms. The van der Waals surface area contributed by atoms with Crippen LogP contribution in [0.25, 0.3) is 0 Å². The largest absolute Gasteiger partial charge is 0.497 e. The Hall–Kier alpha value is -1.06. The van der Waals surface area contributed by atoms with Crippen LogP contribution in [-0.4, -0.2) is 26.7 Å². The summed E-state index contributed by atoms with van der Waals surface area (Å²) in [6.45, 7) is 2.81. The van der Waals surface area contributed by atoms with Gasteiger partial charge in [-0.3, -0.25) is 0 Å². The second kappa shape index (κ2) is 4.85. The minimum Gasteiger partial charge on any atom is -0.497 e. The first-order valence-corrected chi connectivity index (χ1v) is 5.86. The van der Waals surface area contributed by atoms with Gasteiger partial charge in [0.2, 0.25) is 0 Å². The summed E-state index contributed by atoms with van der Waals surface area (Å²) in [5.74, 6) is 0.920. The van der Waals surface area contributed by atoms with Crippen LogP contribution in [0.4, 0.5) is 0 Å². The lowest BCUT2D eigenvalue weighted by Crippen LogP contribution is -2.44. The van der Waals surface area contributed by atoms with Crippen LogP contribution in [0.15, 0.2) is 24.3 Å². The van der Waals surface area contributed by atoms with Crippen LogP contribution in [0, 0.1) is 0 Å². The van der Waals surface area contributed by atoms with E-state index in [2.05, 4.69) is 17.4 Å². The van der Waals surface area contributed by atoms with Gasteiger partial charge >= 0.3 is 0 Å². The highest BCUT2D eigenvalue weighted by Gasteiger charge is 2.32. The zero-order valence-corrected chi connectivity index (χ0v) is 9.83. The summed E-state index contributed by atoms with van der Waals surface area (Å²) < 4.78 is 5.28. The molecular formula is C13H20N2O. The second-order valence-electron chi connectivity index (χ2n) is 4.47. The first-order chi connectivity index (χ1) is 7.80.